The number of ether oxygens (including phenoxy) is 1. The molecule has 0 radical (unpaired) electrons. The maximum absolute atomic E-state index is 13.8. The summed E-state index contributed by atoms with van der Waals surface area (Å²) in [6.45, 7) is 3.39. The predicted molar refractivity (Wildman–Crippen MR) is 76.9 cm³/mol. The Morgan fingerprint density at radius 2 is 2.05 bits per heavy atom. The summed E-state index contributed by atoms with van der Waals surface area (Å²) in [6, 6.07) is 10.1. The molecule has 0 heterocycles. The second-order valence-electron chi connectivity index (χ2n) is 4.56. The molecule has 0 saturated heterocycles. The molecular weight excluding hydrogens is 279 g/mol. The van der Waals surface area contributed by atoms with Gasteiger partial charge in [0.1, 0.15) is 18.2 Å². The number of rotatable bonds is 4. The average Bonchev–Trinajstić information content (AvgIpc) is 2.40. The topological polar surface area (TPSA) is 26.3 Å². The normalized spacial score (nSPS) is 10.4. The fourth-order valence-corrected chi connectivity index (χ4v) is 2.05. The van der Waals surface area contributed by atoms with Crippen molar-refractivity contribution in [3.05, 3.63) is 63.9 Å². The lowest BCUT2D eigenvalue weighted by Crippen LogP contribution is -2.03. The molecule has 0 bridgehead atoms. The van der Waals surface area contributed by atoms with Gasteiger partial charge in [0.25, 0.3) is 0 Å². The summed E-state index contributed by atoms with van der Waals surface area (Å²) in [6.07, 6.45) is 0. The van der Waals surface area contributed by atoms with Crippen molar-refractivity contribution >= 4 is 17.4 Å². The lowest BCUT2D eigenvalue weighted by Gasteiger charge is -2.11. The number of benzene rings is 2. The standard InChI is InChI=1S/C16H14ClFO2/c1-10-6-7-13(11(2)19)15(8-10)20-9-12-4-3-5-14(17)16(12)18/h3-8H,9H2,1-2H3. The van der Waals surface area contributed by atoms with Crippen molar-refractivity contribution in [1.29, 1.82) is 0 Å². The van der Waals surface area contributed by atoms with E-state index in [4.69, 9.17) is 16.3 Å². The molecule has 2 aromatic carbocycles. The molecule has 104 valence electrons. The highest BCUT2D eigenvalue weighted by Gasteiger charge is 2.11. The Hall–Kier alpha value is -1.87. The summed E-state index contributed by atoms with van der Waals surface area (Å²) in [7, 11) is 0. The fraction of sp³-hybridized carbons (Fsp3) is 0.188. The Bertz CT molecular complexity index is 653. The number of hydrogen-bond acceptors (Lipinski definition) is 2. The van der Waals surface area contributed by atoms with Crippen LogP contribution in [0.5, 0.6) is 5.75 Å². The van der Waals surface area contributed by atoms with Crippen LogP contribution in [0, 0.1) is 12.7 Å². The quantitative estimate of drug-likeness (QED) is 0.772. The third kappa shape index (κ3) is 3.17. The van der Waals surface area contributed by atoms with Crippen LogP contribution >= 0.6 is 11.6 Å². The van der Waals surface area contributed by atoms with Gasteiger partial charge in [-0.1, -0.05) is 29.8 Å². The van der Waals surface area contributed by atoms with Crippen molar-refractivity contribution in [2.24, 2.45) is 0 Å². The summed E-state index contributed by atoms with van der Waals surface area (Å²) in [4.78, 5) is 11.5. The van der Waals surface area contributed by atoms with Gasteiger partial charge in [0, 0.05) is 5.56 Å². The average molecular weight is 293 g/mol. The molecule has 0 amide bonds. The van der Waals surface area contributed by atoms with Crippen LogP contribution in [-0.2, 0) is 6.61 Å². The van der Waals surface area contributed by atoms with E-state index in [1.807, 2.05) is 13.0 Å². The van der Waals surface area contributed by atoms with Crippen LogP contribution in [-0.4, -0.2) is 5.78 Å². The number of aryl methyl sites for hydroxylation is 1. The molecule has 0 unspecified atom stereocenters. The van der Waals surface area contributed by atoms with E-state index in [1.54, 1.807) is 24.3 Å². The first-order valence-corrected chi connectivity index (χ1v) is 6.54. The van der Waals surface area contributed by atoms with E-state index in [-0.39, 0.29) is 17.4 Å². The zero-order valence-electron chi connectivity index (χ0n) is 11.2. The van der Waals surface area contributed by atoms with E-state index in [0.717, 1.165) is 5.56 Å². The van der Waals surface area contributed by atoms with Crippen LogP contribution in [0.4, 0.5) is 4.39 Å². The maximum Gasteiger partial charge on any atom is 0.163 e. The summed E-state index contributed by atoms with van der Waals surface area (Å²) in [5.74, 6) is -0.130. The number of ketones is 1. The van der Waals surface area contributed by atoms with E-state index >= 15 is 0 Å². The molecule has 0 saturated carbocycles. The highest BCUT2D eigenvalue weighted by molar-refractivity contribution is 6.30. The smallest absolute Gasteiger partial charge is 0.163 e. The summed E-state index contributed by atoms with van der Waals surface area (Å²) in [5, 5.41) is 0.0575. The zero-order valence-corrected chi connectivity index (χ0v) is 12.0. The van der Waals surface area contributed by atoms with Crippen LogP contribution in [0.3, 0.4) is 0 Å². The number of halogens is 2. The first-order chi connectivity index (χ1) is 9.49. The molecular formula is C16H14ClFO2. The maximum atomic E-state index is 13.8. The summed E-state index contributed by atoms with van der Waals surface area (Å²) in [5.41, 5.74) is 1.81. The Morgan fingerprint density at radius 1 is 1.30 bits per heavy atom. The summed E-state index contributed by atoms with van der Waals surface area (Å²) < 4.78 is 19.3. The monoisotopic (exact) mass is 292 g/mol. The number of Topliss-reactive ketones (excluding diaryl/α,β-unsaturated/α-hetero) is 1. The van der Waals surface area contributed by atoms with Gasteiger partial charge in [-0.2, -0.15) is 0 Å². The SMILES string of the molecule is CC(=O)c1ccc(C)cc1OCc1cccc(Cl)c1F. The van der Waals surface area contributed by atoms with Gasteiger partial charge in [0.15, 0.2) is 5.78 Å². The van der Waals surface area contributed by atoms with E-state index in [0.29, 0.717) is 16.9 Å². The van der Waals surface area contributed by atoms with Crippen LogP contribution in [0.15, 0.2) is 36.4 Å². The molecule has 0 aromatic heterocycles. The molecule has 4 heteroatoms. The van der Waals surface area contributed by atoms with Gasteiger partial charge in [-0.15, -0.1) is 0 Å². The second-order valence-corrected chi connectivity index (χ2v) is 4.96. The molecule has 0 atom stereocenters. The highest BCUT2D eigenvalue weighted by atomic mass is 35.5. The summed E-state index contributed by atoms with van der Waals surface area (Å²) >= 11 is 5.72. The van der Waals surface area contributed by atoms with E-state index in [2.05, 4.69) is 0 Å². The number of carbonyl (C=O) groups is 1. The van der Waals surface area contributed by atoms with Crippen LogP contribution in [0.1, 0.15) is 28.4 Å². The molecule has 2 rings (SSSR count). The van der Waals surface area contributed by atoms with Gasteiger partial charge in [-0.3, -0.25) is 4.79 Å². The lowest BCUT2D eigenvalue weighted by atomic mass is 10.1. The van der Waals surface area contributed by atoms with E-state index in [9.17, 15) is 9.18 Å². The van der Waals surface area contributed by atoms with Crippen LogP contribution < -0.4 is 4.74 Å². The molecule has 20 heavy (non-hydrogen) atoms. The van der Waals surface area contributed by atoms with Gasteiger partial charge >= 0.3 is 0 Å². The molecule has 0 aliphatic rings. The fourth-order valence-electron chi connectivity index (χ4n) is 1.86. The molecule has 0 spiro atoms. The number of carbonyl (C=O) groups excluding carboxylic acids is 1. The van der Waals surface area contributed by atoms with Crippen LogP contribution in [0.2, 0.25) is 5.02 Å². The lowest BCUT2D eigenvalue weighted by molar-refractivity contribution is 0.101. The van der Waals surface area contributed by atoms with Gasteiger partial charge in [0.05, 0.1) is 10.6 Å². The predicted octanol–water partition coefficient (Wildman–Crippen LogP) is 4.57. The van der Waals surface area contributed by atoms with Gasteiger partial charge < -0.3 is 4.74 Å². The van der Waals surface area contributed by atoms with Crippen molar-refractivity contribution in [3.8, 4) is 5.75 Å². The molecule has 0 N–H and O–H groups in total. The Balaban J connectivity index is 2.24. The van der Waals surface area contributed by atoms with E-state index in [1.165, 1.54) is 13.0 Å². The van der Waals surface area contributed by atoms with Crippen molar-refractivity contribution in [2.75, 3.05) is 0 Å². The molecule has 2 aromatic rings. The molecule has 0 aliphatic heterocycles. The van der Waals surface area contributed by atoms with Crippen LogP contribution in [0.25, 0.3) is 0 Å². The first kappa shape index (κ1) is 14.5. The van der Waals surface area contributed by atoms with Crippen molar-refractivity contribution in [2.45, 2.75) is 20.5 Å². The molecule has 0 aliphatic carbocycles. The zero-order chi connectivity index (χ0) is 14.7. The largest absolute Gasteiger partial charge is 0.488 e. The van der Waals surface area contributed by atoms with Gasteiger partial charge in [0.2, 0.25) is 0 Å². The number of hydrogen-bond donors (Lipinski definition) is 0. The van der Waals surface area contributed by atoms with Crippen molar-refractivity contribution in [1.82, 2.24) is 0 Å². The Morgan fingerprint density at radius 3 is 2.75 bits per heavy atom. The molecule has 0 fully saturated rings. The second kappa shape index (κ2) is 6.06. The Kier molecular flexibility index (Phi) is 4.40. The minimum Gasteiger partial charge on any atom is -0.488 e. The highest BCUT2D eigenvalue weighted by Crippen LogP contribution is 2.24. The minimum absolute atomic E-state index is 0.0239. The minimum atomic E-state index is -0.494. The third-order valence-corrected chi connectivity index (χ3v) is 3.22. The van der Waals surface area contributed by atoms with Gasteiger partial charge in [-0.05, 0) is 37.6 Å². The Labute approximate surface area is 122 Å². The molecule has 2 nitrogen and oxygen atoms in total. The van der Waals surface area contributed by atoms with Gasteiger partial charge in [-0.25, -0.2) is 4.39 Å². The first-order valence-electron chi connectivity index (χ1n) is 6.16. The van der Waals surface area contributed by atoms with Crippen molar-refractivity contribution < 1.29 is 13.9 Å². The van der Waals surface area contributed by atoms with Crippen molar-refractivity contribution in [3.63, 3.8) is 0 Å². The third-order valence-electron chi connectivity index (χ3n) is 2.93. The van der Waals surface area contributed by atoms with E-state index < -0.39 is 5.82 Å².